The molecule has 27 heavy (non-hydrogen) atoms. The van der Waals surface area contributed by atoms with Crippen LogP contribution in [0.1, 0.15) is 12.8 Å². The van der Waals surface area contributed by atoms with Crippen LogP contribution in [-0.4, -0.2) is 62.8 Å². The van der Waals surface area contributed by atoms with Gasteiger partial charge in [-0.25, -0.2) is 14.0 Å². The highest BCUT2D eigenvalue weighted by atomic mass is 19.1. The van der Waals surface area contributed by atoms with Gasteiger partial charge in [-0.1, -0.05) is 0 Å². The number of hydrogen-bond donors (Lipinski definition) is 2. The third kappa shape index (κ3) is 3.51. The Morgan fingerprint density at radius 2 is 2.07 bits per heavy atom. The number of carbonyl (C=O) groups is 2. The van der Waals surface area contributed by atoms with Gasteiger partial charge >= 0.3 is 12.2 Å². The van der Waals surface area contributed by atoms with E-state index in [2.05, 4.69) is 5.32 Å². The van der Waals surface area contributed by atoms with E-state index < -0.39 is 18.3 Å². The summed E-state index contributed by atoms with van der Waals surface area (Å²) in [6.07, 6.45) is -0.407. The number of carbonyl (C=O) groups excluding carboxylic acids is 1. The summed E-state index contributed by atoms with van der Waals surface area (Å²) in [5, 5.41) is 10.8. The first-order chi connectivity index (χ1) is 13.0. The first kappa shape index (κ1) is 17.8. The topological polar surface area (TPSA) is 91.3 Å². The predicted octanol–water partition coefficient (Wildman–Crippen LogP) is 2.04. The average Bonchev–Trinajstić information content (AvgIpc) is 2.99. The van der Waals surface area contributed by atoms with Gasteiger partial charge in [0.2, 0.25) is 0 Å². The second kappa shape index (κ2) is 6.88. The Bertz CT molecular complexity index is 745. The van der Waals surface area contributed by atoms with Crippen LogP contribution >= 0.6 is 0 Å². The van der Waals surface area contributed by atoms with Crippen LogP contribution in [0.2, 0.25) is 0 Å². The Morgan fingerprint density at radius 3 is 2.67 bits per heavy atom. The van der Waals surface area contributed by atoms with Crippen molar-refractivity contribution in [3.05, 3.63) is 24.0 Å². The van der Waals surface area contributed by atoms with Crippen LogP contribution in [0.3, 0.4) is 0 Å². The average molecular weight is 379 g/mol. The van der Waals surface area contributed by atoms with Crippen molar-refractivity contribution in [2.24, 2.45) is 5.41 Å². The van der Waals surface area contributed by atoms with E-state index in [9.17, 15) is 14.0 Å². The van der Waals surface area contributed by atoms with Crippen molar-refractivity contribution >= 4 is 23.6 Å². The van der Waals surface area contributed by atoms with Crippen LogP contribution in [0.15, 0.2) is 18.2 Å². The lowest BCUT2D eigenvalue weighted by Crippen LogP contribution is -2.51. The van der Waals surface area contributed by atoms with E-state index in [4.69, 9.17) is 14.6 Å². The summed E-state index contributed by atoms with van der Waals surface area (Å²) in [5.41, 5.74) is 1.22. The van der Waals surface area contributed by atoms with Gasteiger partial charge in [0.05, 0.1) is 37.7 Å². The number of halogens is 1. The van der Waals surface area contributed by atoms with Crippen molar-refractivity contribution in [2.45, 2.75) is 18.9 Å². The van der Waals surface area contributed by atoms with Crippen molar-refractivity contribution in [3.63, 3.8) is 0 Å². The standard InChI is InChI=1S/C18H22FN3O5/c19-14-7-12(22-9-13(27-17(22)25)8-20-16(23)24)1-2-15(14)21-5-3-18(4-6-21)10-26-11-18/h1-2,7,13,20H,3-6,8-11H2,(H,23,24). The number of nitrogens with zero attached hydrogens (tertiary/aromatic N) is 2. The molecular weight excluding hydrogens is 357 g/mol. The summed E-state index contributed by atoms with van der Waals surface area (Å²) in [4.78, 5) is 25.9. The molecule has 1 aromatic carbocycles. The van der Waals surface area contributed by atoms with Crippen molar-refractivity contribution in [1.29, 1.82) is 0 Å². The molecule has 1 atom stereocenters. The lowest BCUT2D eigenvalue weighted by atomic mass is 9.77. The van der Waals surface area contributed by atoms with Crippen LogP contribution in [0.5, 0.6) is 0 Å². The van der Waals surface area contributed by atoms with Gasteiger partial charge < -0.3 is 24.8 Å². The van der Waals surface area contributed by atoms with Crippen LogP contribution in [0.25, 0.3) is 0 Å². The molecule has 146 valence electrons. The molecule has 0 radical (unpaired) electrons. The highest BCUT2D eigenvalue weighted by Gasteiger charge is 2.41. The zero-order valence-corrected chi connectivity index (χ0v) is 14.8. The van der Waals surface area contributed by atoms with Gasteiger partial charge in [0.15, 0.2) is 0 Å². The summed E-state index contributed by atoms with van der Waals surface area (Å²) in [6, 6.07) is 4.72. The molecule has 9 heteroatoms. The lowest BCUT2D eigenvalue weighted by Gasteiger charge is -2.47. The summed E-state index contributed by atoms with van der Waals surface area (Å²) in [5.74, 6) is -0.381. The zero-order valence-electron chi connectivity index (χ0n) is 14.8. The summed E-state index contributed by atoms with van der Waals surface area (Å²) in [6.45, 7) is 3.35. The molecule has 3 saturated heterocycles. The Balaban J connectivity index is 1.41. The quantitative estimate of drug-likeness (QED) is 0.832. The number of piperidine rings is 1. The maximum atomic E-state index is 14.7. The maximum Gasteiger partial charge on any atom is 0.414 e. The van der Waals surface area contributed by atoms with Crippen LogP contribution < -0.4 is 15.1 Å². The number of anilines is 2. The van der Waals surface area contributed by atoms with Gasteiger partial charge in [0.25, 0.3) is 0 Å². The van der Waals surface area contributed by atoms with Gasteiger partial charge in [-0.15, -0.1) is 0 Å². The molecule has 2 N–H and O–H groups in total. The molecular formula is C18H22FN3O5. The smallest absolute Gasteiger partial charge is 0.414 e. The third-order valence-electron chi connectivity index (χ3n) is 5.58. The number of rotatable bonds is 4. The summed E-state index contributed by atoms with van der Waals surface area (Å²) >= 11 is 0. The fourth-order valence-corrected chi connectivity index (χ4v) is 3.86. The number of cyclic esters (lactones) is 1. The van der Waals surface area contributed by atoms with E-state index in [1.807, 2.05) is 4.90 Å². The molecule has 3 aliphatic heterocycles. The van der Waals surface area contributed by atoms with Crippen LogP contribution in [-0.2, 0) is 9.47 Å². The Hall–Kier alpha value is -2.55. The molecule has 0 aliphatic carbocycles. The molecule has 0 aromatic heterocycles. The molecule has 8 nitrogen and oxygen atoms in total. The first-order valence-corrected chi connectivity index (χ1v) is 9.03. The zero-order chi connectivity index (χ0) is 19.0. The number of hydrogen-bond acceptors (Lipinski definition) is 5. The minimum atomic E-state index is -1.18. The number of carboxylic acid groups (broad SMARTS) is 1. The SMILES string of the molecule is O=C(O)NCC1CN(c2ccc(N3CCC4(CC3)COC4)c(F)c2)C(=O)O1. The molecule has 1 aromatic rings. The van der Waals surface area contributed by atoms with Gasteiger partial charge in [-0.2, -0.15) is 0 Å². The van der Waals surface area contributed by atoms with E-state index in [0.717, 1.165) is 39.1 Å². The molecule has 1 spiro atoms. The summed E-state index contributed by atoms with van der Waals surface area (Å²) in [7, 11) is 0. The fourth-order valence-electron chi connectivity index (χ4n) is 3.86. The third-order valence-corrected chi connectivity index (χ3v) is 5.58. The lowest BCUT2D eigenvalue weighted by molar-refractivity contribution is -0.124. The van der Waals surface area contributed by atoms with E-state index in [1.54, 1.807) is 12.1 Å². The molecule has 4 rings (SSSR count). The first-order valence-electron chi connectivity index (χ1n) is 9.03. The molecule has 0 saturated carbocycles. The van der Waals surface area contributed by atoms with Crippen molar-refractivity contribution in [1.82, 2.24) is 5.32 Å². The number of nitrogens with one attached hydrogen (secondary N) is 1. The van der Waals surface area contributed by atoms with Gasteiger partial charge in [-0.3, -0.25) is 4.90 Å². The number of benzene rings is 1. The van der Waals surface area contributed by atoms with Gasteiger partial charge in [0.1, 0.15) is 11.9 Å². The van der Waals surface area contributed by atoms with Crippen LogP contribution in [0.4, 0.5) is 25.4 Å². The molecule has 3 heterocycles. The van der Waals surface area contributed by atoms with Gasteiger partial charge in [0, 0.05) is 18.5 Å². The van der Waals surface area contributed by atoms with Crippen LogP contribution in [0, 0.1) is 11.2 Å². The Labute approximate surface area is 155 Å². The van der Waals surface area contributed by atoms with E-state index in [0.29, 0.717) is 11.4 Å². The van der Waals surface area contributed by atoms with Crippen molar-refractivity contribution < 1.29 is 28.6 Å². The molecule has 3 aliphatic rings. The second-order valence-corrected chi connectivity index (χ2v) is 7.42. The van der Waals surface area contributed by atoms with Crippen molar-refractivity contribution in [2.75, 3.05) is 49.2 Å². The van der Waals surface area contributed by atoms with E-state index in [-0.39, 0.29) is 24.3 Å². The van der Waals surface area contributed by atoms with Gasteiger partial charge in [-0.05, 0) is 31.0 Å². The molecule has 1 unspecified atom stereocenters. The highest BCUT2D eigenvalue weighted by molar-refractivity contribution is 5.90. The maximum absolute atomic E-state index is 14.7. The minimum absolute atomic E-state index is 0.00260. The predicted molar refractivity (Wildman–Crippen MR) is 94.7 cm³/mol. The largest absolute Gasteiger partial charge is 0.465 e. The highest BCUT2D eigenvalue weighted by Crippen LogP contribution is 2.40. The minimum Gasteiger partial charge on any atom is -0.465 e. The Morgan fingerprint density at radius 1 is 1.33 bits per heavy atom. The van der Waals surface area contributed by atoms with E-state index in [1.165, 1.54) is 11.0 Å². The molecule has 2 amide bonds. The van der Waals surface area contributed by atoms with E-state index >= 15 is 0 Å². The fraction of sp³-hybridized carbons (Fsp3) is 0.556. The monoisotopic (exact) mass is 379 g/mol. The number of amides is 2. The van der Waals surface area contributed by atoms with Crippen molar-refractivity contribution in [3.8, 4) is 0 Å². The molecule has 0 bridgehead atoms. The Kier molecular flexibility index (Phi) is 4.55. The number of ether oxygens (including phenoxy) is 2. The molecule has 3 fully saturated rings. The normalized spacial score (nSPS) is 23.9. The summed E-state index contributed by atoms with van der Waals surface area (Å²) < 4.78 is 25.2. The second-order valence-electron chi connectivity index (χ2n) is 7.42.